The van der Waals surface area contributed by atoms with Crippen molar-refractivity contribution in [3.63, 3.8) is 0 Å². The molecule has 0 aromatic heterocycles. The van der Waals surface area contributed by atoms with Crippen LogP contribution >= 0.6 is 11.6 Å². The molecule has 0 saturated carbocycles. The van der Waals surface area contributed by atoms with E-state index in [4.69, 9.17) is 11.6 Å². The number of benzene rings is 1. The van der Waals surface area contributed by atoms with Crippen LogP contribution in [0, 0.1) is 0 Å². The second-order valence-corrected chi connectivity index (χ2v) is 5.21. The number of carbonyl (C=O) groups excluding carboxylic acids is 1. The molecule has 1 saturated heterocycles. The highest BCUT2D eigenvalue weighted by molar-refractivity contribution is 6.30. The van der Waals surface area contributed by atoms with Gasteiger partial charge in [-0.1, -0.05) is 23.7 Å². The number of likely N-dealkylation sites (tertiary alicyclic amines) is 1. The van der Waals surface area contributed by atoms with Crippen LogP contribution in [0.1, 0.15) is 18.4 Å². The van der Waals surface area contributed by atoms with Crippen molar-refractivity contribution in [3.8, 4) is 0 Å². The van der Waals surface area contributed by atoms with Gasteiger partial charge in [-0.15, -0.1) is 0 Å². The lowest BCUT2D eigenvalue weighted by atomic mass is 10.2. The molecule has 4 heteroatoms. The Labute approximate surface area is 119 Å². The molecule has 0 bridgehead atoms. The first-order chi connectivity index (χ1) is 9.20. The minimum Gasteiger partial charge on any atom is -0.335 e. The Kier molecular flexibility index (Phi) is 5.00. The third-order valence-electron chi connectivity index (χ3n) is 3.39. The lowest BCUT2D eigenvalue weighted by Crippen LogP contribution is -2.39. The van der Waals surface area contributed by atoms with Gasteiger partial charge in [-0.2, -0.15) is 0 Å². The molecule has 0 spiro atoms. The van der Waals surface area contributed by atoms with E-state index < -0.39 is 0 Å². The number of likely N-dealkylation sites (N-methyl/N-ethyl adjacent to an activating group) is 1. The lowest BCUT2D eigenvalue weighted by Gasteiger charge is -2.23. The van der Waals surface area contributed by atoms with Gasteiger partial charge in [0.15, 0.2) is 0 Å². The van der Waals surface area contributed by atoms with Crippen LogP contribution in [0.3, 0.4) is 0 Å². The Morgan fingerprint density at radius 1 is 1.47 bits per heavy atom. The minimum absolute atomic E-state index is 0.0905. The first-order valence-corrected chi connectivity index (χ1v) is 6.97. The van der Waals surface area contributed by atoms with E-state index >= 15 is 0 Å². The van der Waals surface area contributed by atoms with Crippen molar-refractivity contribution >= 4 is 23.6 Å². The largest absolute Gasteiger partial charge is 0.335 e. The van der Waals surface area contributed by atoms with Crippen molar-refractivity contribution in [2.24, 2.45) is 0 Å². The monoisotopic (exact) mass is 278 g/mol. The molecule has 19 heavy (non-hydrogen) atoms. The van der Waals surface area contributed by atoms with Crippen molar-refractivity contribution in [1.29, 1.82) is 0 Å². The molecule has 1 N–H and O–H groups in total. The number of nitrogens with zero attached hydrogens (tertiary/aromatic N) is 1. The van der Waals surface area contributed by atoms with Crippen LogP contribution in [0.4, 0.5) is 0 Å². The molecule has 1 aromatic rings. The van der Waals surface area contributed by atoms with Gasteiger partial charge < -0.3 is 10.2 Å². The fourth-order valence-corrected chi connectivity index (χ4v) is 2.54. The van der Waals surface area contributed by atoms with Gasteiger partial charge in [-0.3, -0.25) is 4.79 Å². The van der Waals surface area contributed by atoms with Gasteiger partial charge >= 0.3 is 0 Å². The summed E-state index contributed by atoms with van der Waals surface area (Å²) in [5.41, 5.74) is 0.988. The minimum atomic E-state index is 0.0905. The summed E-state index contributed by atoms with van der Waals surface area (Å²) in [5.74, 6) is 0.0905. The SMILES string of the molecule is CNCC1CCCN1C(=O)/C=C/c1ccc(Cl)cc1. The molecule has 102 valence electrons. The van der Waals surface area contributed by atoms with Gasteiger partial charge in [-0.25, -0.2) is 0 Å². The summed E-state index contributed by atoms with van der Waals surface area (Å²) in [6, 6.07) is 7.78. The fourth-order valence-electron chi connectivity index (χ4n) is 2.41. The zero-order chi connectivity index (χ0) is 13.7. The predicted octanol–water partition coefficient (Wildman–Crippen LogP) is 2.56. The molecule has 1 unspecified atom stereocenters. The summed E-state index contributed by atoms with van der Waals surface area (Å²) in [7, 11) is 1.92. The predicted molar refractivity (Wildman–Crippen MR) is 79.1 cm³/mol. The molecule has 1 aliphatic rings. The summed E-state index contributed by atoms with van der Waals surface area (Å²) in [5, 5.41) is 3.85. The summed E-state index contributed by atoms with van der Waals surface area (Å²) in [6.07, 6.45) is 5.67. The molecule has 1 heterocycles. The van der Waals surface area contributed by atoms with Crippen LogP contribution in [-0.4, -0.2) is 37.0 Å². The fraction of sp³-hybridized carbons (Fsp3) is 0.400. The number of carbonyl (C=O) groups is 1. The van der Waals surface area contributed by atoms with E-state index in [2.05, 4.69) is 5.32 Å². The summed E-state index contributed by atoms with van der Waals surface area (Å²) in [6.45, 7) is 1.72. The maximum Gasteiger partial charge on any atom is 0.246 e. The van der Waals surface area contributed by atoms with Crippen LogP contribution < -0.4 is 5.32 Å². The van der Waals surface area contributed by atoms with Crippen molar-refractivity contribution in [1.82, 2.24) is 10.2 Å². The molecular formula is C15H19ClN2O. The van der Waals surface area contributed by atoms with Gasteiger partial charge in [0, 0.05) is 30.2 Å². The highest BCUT2D eigenvalue weighted by Crippen LogP contribution is 2.17. The van der Waals surface area contributed by atoms with Crippen LogP contribution in [0.2, 0.25) is 5.02 Å². The van der Waals surface area contributed by atoms with Crippen LogP contribution in [0.15, 0.2) is 30.3 Å². The number of hydrogen-bond acceptors (Lipinski definition) is 2. The average Bonchev–Trinajstić information content (AvgIpc) is 2.86. The highest BCUT2D eigenvalue weighted by atomic mass is 35.5. The standard InChI is InChI=1S/C15H19ClN2O/c1-17-11-14-3-2-10-18(14)15(19)9-6-12-4-7-13(16)8-5-12/h4-9,14,17H,2-3,10-11H2,1H3/b9-6+. The first kappa shape index (κ1) is 14.1. The summed E-state index contributed by atoms with van der Waals surface area (Å²) >= 11 is 5.83. The van der Waals surface area contributed by atoms with E-state index in [0.717, 1.165) is 31.5 Å². The van der Waals surface area contributed by atoms with Gasteiger partial charge in [0.1, 0.15) is 0 Å². The maximum absolute atomic E-state index is 12.2. The van der Waals surface area contributed by atoms with E-state index in [9.17, 15) is 4.79 Å². The van der Waals surface area contributed by atoms with Crippen LogP contribution in [-0.2, 0) is 4.79 Å². The summed E-state index contributed by atoms with van der Waals surface area (Å²) < 4.78 is 0. The van der Waals surface area contributed by atoms with E-state index in [1.165, 1.54) is 0 Å². The van der Waals surface area contributed by atoms with Crippen molar-refractivity contribution in [3.05, 3.63) is 40.9 Å². The molecule has 3 nitrogen and oxygen atoms in total. The van der Waals surface area contributed by atoms with E-state index in [1.54, 1.807) is 6.08 Å². The van der Waals surface area contributed by atoms with Crippen LogP contribution in [0.25, 0.3) is 6.08 Å². The molecule has 0 aliphatic carbocycles. The molecule has 1 atom stereocenters. The molecular weight excluding hydrogens is 260 g/mol. The highest BCUT2D eigenvalue weighted by Gasteiger charge is 2.26. The quantitative estimate of drug-likeness (QED) is 0.859. The Morgan fingerprint density at radius 2 is 2.21 bits per heavy atom. The number of rotatable bonds is 4. The topological polar surface area (TPSA) is 32.3 Å². The maximum atomic E-state index is 12.2. The normalized spacial score (nSPS) is 19.3. The number of amides is 1. The molecule has 1 fully saturated rings. The smallest absolute Gasteiger partial charge is 0.246 e. The van der Waals surface area contributed by atoms with Crippen molar-refractivity contribution in [2.75, 3.05) is 20.1 Å². The zero-order valence-corrected chi connectivity index (χ0v) is 11.9. The van der Waals surface area contributed by atoms with Crippen molar-refractivity contribution < 1.29 is 4.79 Å². The Morgan fingerprint density at radius 3 is 2.89 bits per heavy atom. The molecule has 1 aliphatic heterocycles. The lowest BCUT2D eigenvalue weighted by molar-refractivity contribution is -0.126. The Balaban J connectivity index is 1.98. The first-order valence-electron chi connectivity index (χ1n) is 6.59. The van der Waals surface area contributed by atoms with Gasteiger partial charge in [0.25, 0.3) is 0 Å². The third-order valence-corrected chi connectivity index (χ3v) is 3.64. The number of halogens is 1. The molecule has 0 radical (unpaired) electrons. The second-order valence-electron chi connectivity index (χ2n) is 4.77. The van der Waals surface area contributed by atoms with Gasteiger partial charge in [0.2, 0.25) is 5.91 Å². The molecule has 2 rings (SSSR count). The zero-order valence-electron chi connectivity index (χ0n) is 11.1. The summed E-state index contributed by atoms with van der Waals surface area (Å²) in [4.78, 5) is 14.1. The third kappa shape index (κ3) is 3.82. The Bertz CT molecular complexity index is 456. The molecule has 1 amide bonds. The van der Waals surface area contributed by atoms with E-state index in [-0.39, 0.29) is 5.91 Å². The van der Waals surface area contributed by atoms with Crippen molar-refractivity contribution in [2.45, 2.75) is 18.9 Å². The van der Waals surface area contributed by atoms with E-state index in [1.807, 2.05) is 42.3 Å². The Hall–Kier alpha value is -1.32. The van der Waals surface area contributed by atoms with Crippen LogP contribution in [0.5, 0.6) is 0 Å². The molecule has 1 aromatic carbocycles. The average molecular weight is 279 g/mol. The van der Waals surface area contributed by atoms with E-state index in [0.29, 0.717) is 11.1 Å². The van der Waals surface area contributed by atoms with Gasteiger partial charge in [-0.05, 0) is 43.7 Å². The number of hydrogen-bond donors (Lipinski definition) is 1. The van der Waals surface area contributed by atoms with Gasteiger partial charge in [0.05, 0.1) is 0 Å². The number of nitrogens with one attached hydrogen (secondary N) is 1. The second kappa shape index (κ2) is 6.73.